The van der Waals surface area contributed by atoms with Crippen LogP contribution in [0.5, 0.6) is 0 Å². The number of nitrogens with zero attached hydrogens (tertiary/aromatic N) is 3. The fourth-order valence-corrected chi connectivity index (χ4v) is 1.46. The van der Waals surface area contributed by atoms with Crippen LogP contribution in [0.4, 0.5) is 0 Å². The summed E-state index contributed by atoms with van der Waals surface area (Å²) < 4.78 is 1.79. The lowest BCUT2D eigenvalue weighted by molar-refractivity contribution is -0.120. The number of hydrogen-bond donors (Lipinski definition) is 3. The zero-order valence-corrected chi connectivity index (χ0v) is 11.7. The maximum atomic E-state index is 11.4. The standard InChI is InChI=1S/C12H22N6O/c1-4-6-14-11(19)9-16-12(13-2)15-8-10-5-7-17-18(10)3/h5,7H,4,6,8-9H2,1-3H3,(H,14,19)(H2,13,15,16). The van der Waals surface area contributed by atoms with Crippen molar-refractivity contribution in [1.82, 2.24) is 25.7 Å². The van der Waals surface area contributed by atoms with E-state index in [1.54, 1.807) is 17.9 Å². The number of aryl methyl sites for hydroxylation is 1. The lowest BCUT2D eigenvalue weighted by Crippen LogP contribution is -2.43. The molecule has 1 aromatic heterocycles. The smallest absolute Gasteiger partial charge is 0.239 e. The summed E-state index contributed by atoms with van der Waals surface area (Å²) in [5.74, 6) is 0.554. The number of guanidine groups is 1. The molecule has 0 aliphatic carbocycles. The van der Waals surface area contributed by atoms with Gasteiger partial charge in [0.1, 0.15) is 0 Å². The summed E-state index contributed by atoms with van der Waals surface area (Å²) in [7, 11) is 3.55. The van der Waals surface area contributed by atoms with Gasteiger partial charge in [0.2, 0.25) is 5.91 Å². The van der Waals surface area contributed by atoms with Crippen LogP contribution in [0.3, 0.4) is 0 Å². The monoisotopic (exact) mass is 266 g/mol. The van der Waals surface area contributed by atoms with Gasteiger partial charge < -0.3 is 16.0 Å². The van der Waals surface area contributed by atoms with Gasteiger partial charge >= 0.3 is 0 Å². The Morgan fingerprint density at radius 1 is 1.42 bits per heavy atom. The van der Waals surface area contributed by atoms with E-state index in [4.69, 9.17) is 0 Å². The zero-order chi connectivity index (χ0) is 14.1. The average molecular weight is 266 g/mol. The van der Waals surface area contributed by atoms with E-state index in [9.17, 15) is 4.79 Å². The molecule has 1 rings (SSSR count). The van der Waals surface area contributed by atoms with Gasteiger partial charge in [-0.05, 0) is 12.5 Å². The highest BCUT2D eigenvalue weighted by atomic mass is 16.1. The highest BCUT2D eigenvalue weighted by Gasteiger charge is 2.04. The highest BCUT2D eigenvalue weighted by Crippen LogP contribution is 1.94. The first-order valence-electron chi connectivity index (χ1n) is 6.35. The Morgan fingerprint density at radius 2 is 2.21 bits per heavy atom. The number of amides is 1. The predicted octanol–water partition coefficient (Wildman–Crippen LogP) is -0.389. The number of hydrogen-bond acceptors (Lipinski definition) is 3. The maximum Gasteiger partial charge on any atom is 0.239 e. The first-order valence-corrected chi connectivity index (χ1v) is 6.35. The molecule has 0 radical (unpaired) electrons. The van der Waals surface area contributed by atoms with Crippen molar-refractivity contribution < 1.29 is 4.79 Å². The van der Waals surface area contributed by atoms with E-state index in [0.29, 0.717) is 19.0 Å². The van der Waals surface area contributed by atoms with Crippen molar-refractivity contribution in [2.45, 2.75) is 19.9 Å². The van der Waals surface area contributed by atoms with E-state index >= 15 is 0 Å². The second-order valence-electron chi connectivity index (χ2n) is 4.08. The first-order chi connectivity index (χ1) is 9.17. The van der Waals surface area contributed by atoms with Crippen LogP contribution < -0.4 is 16.0 Å². The largest absolute Gasteiger partial charge is 0.355 e. The Balaban J connectivity index is 2.31. The Bertz CT molecular complexity index is 426. The maximum absolute atomic E-state index is 11.4. The van der Waals surface area contributed by atoms with Crippen LogP contribution in [0.25, 0.3) is 0 Å². The van der Waals surface area contributed by atoms with Crippen molar-refractivity contribution in [3.05, 3.63) is 18.0 Å². The molecule has 0 spiro atoms. The minimum atomic E-state index is -0.0367. The summed E-state index contributed by atoms with van der Waals surface area (Å²) in [5.41, 5.74) is 1.04. The highest BCUT2D eigenvalue weighted by molar-refractivity contribution is 5.86. The minimum absolute atomic E-state index is 0.0367. The normalized spacial score (nSPS) is 11.2. The van der Waals surface area contributed by atoms with Crippen molar-refractivity contribution in [3.8, 4) is 0 Å². The van der Waals surface area contributed by atoms with Crippen molar-refractivity contribution in [2.24, 2.45) is 12.0 Å². The predicted molar refractivity (Wildman–Crippen MR) is 74.7 cm³/mol. The molecule has 0 saturated heterocycles. The summed E-state index contributed by atoms with van der Waals surface area (Å²) in [5, 5.41) is 13.0. The first kappa shape index (κ1) is 15.0. The summed E-state index contributed by atoms with van der Waals surface area (Å²) in [6.45, 7) is 3.53. The van der Waals surface area contributed by atoms with Gasteiger partial charge in [0.15, 0.2) is 5.96 Å². The molecule has 0 aliphatic heterocycles. The Hall–Kier alpha value is -2.05. The van der Waals surface area contributed by atoms with Gasteiger partial charge in [-0.2, -0.15) is 5.10 Å². The molecule has 0 aromatic carbocycles. The molecule has 0 unspecified atom stereocenters. The van der Waals surface area contributed by atoms with Crippen LogP contribution in [-0.2, 0) is 18.4 Å². The minimum Gasteiger partial charge on any atom is -0.355 e. The van der Waals surface area contributed by atoms with Crippen LogP contribution in [-0.4, -0.2) is 41.8 Å². The number of carbonyl (C=O) groups excluding carboxylic acids is 1. The summed E-state index contributed by atoms with van der Waals surface area (Å²) in [6.07, 6.45) is 2.67. The Kier molecular flexibility index (Phi) is 6.42. The number of aliphatic imine (C=N–C) groups is 1. The Morgan fingerprint density at radius 3 is 2.79 bits per heavy atom. The van der Waals surface area contributed by atoms with Crippen molar-refractivity contribution in [3.63, 3.8) is 0 Å². The number of nitrogens with one attached hydrogen (secondary N) is 3. The Labute approximate surface area is 113 Å². The van der Waals surface area contributed by atoms with Gasteiger partial charge in [-0.25, -0.2) is 0 Å². The molecule has 0 saturated carbocycles. The second-order valence-corrected chi connectivity index (χ2v) is 4.08. The van der Waals surface area contributed by atoms with Gasteiger partial charge in [-0.15, -0.1) is 0 Å². The van der Waals surface area contributed by atoms with Crippen LogP contribution >= 0.6 is 0 Å². The topological polar surface area (TPSA) is 83.3 Å². The van der Waals surface area contributed by atoms with Gasteiger partial charge in [0, 0.05) is 26.8 Å². The van der Waals surface area contributed by atoms with E-state index in [-0.39, 0.29) is 12.5 Å². The lowest BCUT2D eigenvalue weighted by Gasteiger charge is -2.11. The van der Waals surface area contributed by atoms with E-state index in [0.717, 1.165) is 12.1 Å². The number of aromatic nitrogens is 2. The molecule has 1 heterocycles. The number of rotatable bonds is 6. The zero-order valence-electron chi connectivity index (χ0n) is 11.7. The van der Waals surface area contributed by atoms with Gasteiger partial charge in [-0.1, -0.05) is 6.92 Å². The lowest BCUT2D eigenvalue weighted by atomic mass is 10.4. The van der Waals surface area contributed by atoms with E-state index in [1.165, 1.54) is 0 Å². The summed E-state index contributed by atoms with van der Waals surface area (Å²) in [4.78, 5) is 15.5. The fraction of sp³-hybridized carbons (Fsp3) is 0.583. The van der Waals surface area contributed by atoms with E-state index < -0.39 is 0 Å². The molecule has 1 amide bonds. The molecule has 19 heavy (non-hydrogen) atoms. The molecule has 0 aliphatic rings. The molecular weight excluding hydrogens is 244 g/mol. The molecule has 1 aromatic rings. The van der Waals surface area contributed by atoms with Crippen LogP contribution in [0, 0.1) is 0 Å². The van der Waals surface area contributed by atoms with Crippen LogP contribution in [0.15, 0.2) is 17.3 Å². The third-order valence-corrected chi connectivity index (χ3v) is 2.57. The molecule has 0 atom stereocenters. The average Bonchev–Trinajstić information content (AvgIpc) is 2.82. The van der Waals surface area contributed by atoms with Crippen molar-refractivity contribution in [1.29, 1.82) is 0 Å². The van der Waals surface area contributed by atoms with E-state index in [1.807, 2.05) is 20.0 Å². The molecule has 0 fully saturated rings. The molecule has 106 valence electrons. The quantitative estimate of drug-likeness (QED) is 0.484. The third-order valence-electron chi connectivity index (χ3n) is 2.57. The molecule has 3 N–H and O–H groups in total. The van der Waals surface area contributed by atoms with E-state index in [2.05, 4.69) is 26.0 Å². The molecular formula is C12H22N6O. The molecule has 7 heteroatoms. The third kappa shape index (κ3) is 5.41. The summed E-state index contributed by atoms with van der Waals surface area (Å²) in [6, 6.07) is 1.92. The second kappa shape index (κ2) is 8.12. The van der Waals surface area contributed by atoms with Crippen LogP contribution in [0.2, 0.25) is 0 Å². The fourth-order valence-electron chi connectivity index (χ4n) is 1.46. The summed E-state index contributed by atoms with van der Waals surface area (Å²) >= 11 is 0. The van der Waals surface area contributed by atoms with Crippen molar-refractivity contribution >= 4 is 11.9 Å². The van der Waals surface area contributed by atoms with Crippen LogP contribution in [0.1, 0.15) is 19.0 Å². The van der Waals surface area contributed by atoms with Gasteiger partial charge in [0.25, 0.3) is 0 Å². The van der Waals surface area contributed by atoms with Gasteiger partial charge in [0.05, 0.1) is 18.8 Å². The molecule has 0 bridgehead atoms. The SMILES string of the molecule is CCCNC(=O)CNC(=NC)NCc1ccnn1C. The molecule has 7 nitrogen and oxygen atoms in total. The van der Waals surface area contributed by atoms with Gasteiger partial charge in [-0.3, -0.25) is 14.5 Å². The van der Waals surface area contributed by atoms with Crippen molar-refractivity contribution in [2.75, 3.05) is 20.1 Å². The number of carbonyl (C=O) groups is 1.